The average Bonchev–Trinajstić information content (AvgIpc) is 2.70. The van der Waals surface area contributed by atoms with Gasteiger partial charge in [0, 0.05) is 42.5 Å². The van der Waals surface area contributed by atoms with Crippen molar-refractivity contribution in [2.45, 2.75) is 38.9 Å². The van der Waals surface area contributed by atoms with Gasteiger partial charge in [0.05, 0.1) is 21.3 Å². The van der Waals surface area contributed by atoms with Gasteiger partial charge in [0.15, 0.2) is 11.5 Å². The zero-order chi connectivity index (χ0) is 20.3. The second-order valence-corrected chi connectivity index (χ2v) is 8.00. The summed E-state index contributed by atoms with van der Waals surface area (Å²) in [5, 5.41) is 0. The van der Waals surface area contributed by atoms with Crippen LogP contribution < -0.4 is 19.1 Å². The Hall–Kier alpha value is -2.40. The van der Waals surface area contributed by atoms with Gasteiger partial charge >= 0.3 is 0 Å². The Morgan fingerprint density at radius 3 is 2.18 bits per heavy atom. The molecule has 152 valence electrons. The molecule has 0 aliphatic carbocycles. The minimum Gasteiger partial charge on any atom is -0.493 e. The van der Waals surface area contributed by atoms with Crippen LogP contribution in [0, 0.1) is 0 Å². The third kappa shape index (κ3) is 3.90. The van der Waals surface area contributed by atoms with E-state index in [1.165, 1.54) is 5.69 Å². The summed E-state index contributed by atoms with van der Waals surface area (Å²) < 4.78 is 16.7. The summed E-state index contributed by atoms with van der Waals surface area (Å²) in [6, 6.07) is 15.1. The number of piperazine rings is 1. The molecule has 5 heteroatoms. The topological polar surface area (TPSA) is 34.2 Å². The van der Waals surface area contributed by atoms with Crippen LogP contribution in [0.3, 0.4) is 0 Å². The third-order valence-corrected chi connectivity index (χ3v) is 5.62. The third-order valence-electron chi connectivity index (χ3n) is 5.62. The molecule has 1 aliphatic rings. The van der Waals surface area contributed by atoms with Gasteiger partial charge in [0.2, 0.25) is 5.75 Å². The molecule has 0 N–H and O–H groups in total. The first-order valence-corrected chi connectivity index (χ1v) is 9.76. The molecule has 1 heterocycles. The molecule has 2 aromatic rings. The van der Waals surface area contributed by atoms with Crippen molar-refractivity contribution in [1.29, 1.82) is 0 Å². The first-order chi connectivity index (χ1) is 13.4. The van der Waals surface area contributed by atoms with Crippen LogP contribution in [0.5, 0.6) is 17.2 Å². The fraction of sp³-hybridized carbons (Fsp3) is 0.478. The van der Waals surface area contributed by atoms with E-state index >= 15 is 0 Å². The van der Waals surface area contributed by atoms with Crippen LogP contribution in [-0.4, -0.2) is 50.9 Å². The predicted octanol–water partition coefficient (Wildman–Crippen LogP) is 4.20. The summed E-state index contributed by atoms with van der Waals surface area (Å²) in [6.07, 6.45) is 0. The quantitative estimate of drug-likeness (QED) is 0.746. The number of hydrogen-bond donors (Lipinski definition) is 0. The number of benzene rings is 2. The second kappa shape index (κ2) is 8.31. The van der Waals surface area contributed by atoms with E-state index < -0.39 is 0 Å². The normalized spacial score (nSPS) is 19.4. The van der Waals surface area contributed by atoms with Crippen molar-refractivity contribution >= 4 is 5.69 Å². The highest BCUT2D eigenvalue weighted by molar-refractivity contribution is 5.56. The molecule has 0 bridgehead atoms. The number of para-hydroxylation sites is 1. The van der Waals surface area contributed by atoms with Gasteiger partial charge in [-0.15, -0.1) is 0 Å². The Morgan fingerprint density at radius 2 is 1.61 bits per heavy atom. The molecule has 1 atom stereocenters. The lowest BCUT2D eigenvalue weighted by Gasteiger charge is -2.52. The number of rotatable bonds is 6. The maximum atomic E-state index is 5.70. The van der Waals surface area contributed by atoms with Gasteiger partial charge < -0.3 is 19.1 Å². The van der Waals surface area contributed by atoms with Gasteiger partial charge in [0.1, 0.15) is 0 Å². The molecular weight excluding hydrogens is 352 g/mol. The van der Waals surface area contributed by atoms with Gasteiger partial charge in [-0.3, -0.25) is 4.90 Å². The molecule has 0 radical (unpaired) electrons. The van der Waals surface area contributed by atoms with Crippen LogP contribution in [0.4, 0.5) is 5.69 Å². The van der Waals surface area contributed by atoms with E-state index in [0.29, 0.717) is 17.5 Å². The molecule has 3 rings (SSSR count). The zero-order valence-electron chi connectivity index (χ0n) is 17.9. The van der Waals surface area contributed by atoms with Crippen LogP contribution in [-0.2, 0) is 6.54 Å². The van der Waals surface area contributed by atoms with E-state index in [0.717, 1.165) is 30.9 Å². The van der Waals surface area contributed by atoms with Gasteiger partial charge in [-0.1, -0.05) is 24.3 Å². The number of anilines is 1. The lowest BCUT2D eigenvalue weighted by atomic mass is 9.93. The standard InChI is InChI=1S/C23H32N2O3/c1-17-14-24(19-10-8-7-9-11-19)16-23(2,3)25(17)15-18-12-13-20(26-4)22(28-6)21(18)27-5/h7-13,17H,14-16H2,1-6H3/t17-/m0/s1. The molecule has 5 nitrogen and oxygen atoms in total. The number of methoxy groups -OCH3 is 3. The molecule has 28 heavy (non-hydrogen) atoms. The summed E-state index contributed by atoms with van der Waals surface area (Å²) >= 11 is 0. The largest absolute Gasteiger partial charge is 0.493 e. The zero-order valence-corrected chi connectivity index (χ0v) is 17.9. The van der Waals surface area contributed by atoms with E-state index in [1.807, 2.05) is 6.07 Å². The van der Waals surface area contributed by atoms with Crippen LogP contribution in [0.25, 0.3) is 0 Å². The first-order valence-electron chi connectivity index (χ1n) is 9.76. The number of hydrogen-bond acceptors (Lipinski definition) is 5. The summed E-state index contributed by atoms with van der Waals surface area (Å²) in [6.45, 7) is 9.67. The molecule has 1 saturated heterocycles. The molecule has 1 fully saturated rings. The van der Waals surface area contributed by atoms with E-state index in [9.17, 15) is 0 Å². The van der Waals surface area contributed by atoms with Crippen molar-refractivity contribution in [2.75, 3.05) is 39.3 Å². The monoisotopic (exact) mass is 384 g/mol. The minimum absolute atomic E-state index is 0.00564. The van der Waals surface area contributed by atoms with E-state index in [2.05, 4.69) is 67.0 Å². The Balaban J connectivity index is 1.87. The Labute approximate surface area is 168 Å². The molecule has 0 aromatic heterocycles. The number of nitrogens with zero attached hydrogens (tertiary/aromatic N) is 2. The van der Waals surface area contributed by atoms with Gasteiger partial charge in [0.25, 0.3) is 0 Å². The van der Waals surface area contributed by atoms with Crippen molar-refractivity contribution in [3.63, 3.8) is 0 Å². The van der Waals surface area contributed by atoms with Crippen LogP contribution in [0.15, 0.2) is 42.5 Å². The Kier molecular flexibility index (Phi) is 6.04. The molecule has 0 spiro atoms. The highest BCUT2D eigenvalue weighted by Gasteiger charge is 2.38. The van der Waals surface area contributed by atoms with Gasteiger partial charge in [-0.05, 0) is 39.0 Å². The van der Waals surface area contributed by atoms with E-state index in [-0.39, 0.29) is 5.54 Å². The lowest BCUT2D eigenvalue weighted by molar-refractivity contribution is 0.0497. The second-order valence-electron chi connectivity index (χ2n) is 8.00. The molecule has 1 aliphatic heterocycles. The smallest absolute Gasteiger partial charge is 0.203 e. The first kappa shape index (κ1) is 20.3. The van der Waals surface area contributed by atoms with Crippen molar-refractivity contribution in [3.05, 3.63) is 48.0 Å². The van der Waals surface area contributed by atoms with E-state index in [4.69, 9.17) is 14.2 Å². The van der Waals surface area contributed by atoms with Crippen LogP contribution in [0.2, 0.25) is 0 Å². The fourth-order valence-corrected chi connectivity index (χ4v) is 4.31. The maximum Gasteiger partial charge on any atom is 0.203 e. The van der Waals surface area contributed by atoms with Crippen LogP contribution >= 0.6 is 0 Å². The predicted molar refractivity (Wildman–Crippen MR) is 114 cm³/mol. The molecule has 0 amide bonds. The SMILES string of the molecule is COc1ccc(CN2[C@@H](C)CN(c3ccccc3)CC2(C)C)c(OC)c1OC. The molecule has 0 saturated carbocycles. The molecule has 0 unspecified atom stereocenters. The Morgan fingerprint density at radius 1 is 0.929 bits per heavy atom. The average molecular weight is 385 g/mol. The minimum atomic E-state index is 0.00564. The van der Waals surface area contributed by atoms with Gasteiger partial charge in [-0.2, -0.15) is 0 Å². The summed E-state index contributed by atoms with van der Waals surface area (Å²) in [4.78, 5) is 5.03. The van der Waals surface area contributed by atoms with E-state index in [1.54, 1.807) is 21.3 Å². The highest BCUT2D eigenvalue weighted by atomic mass is 16.5. The van der Waals surface area contributed by atoms with Gasteiger partial charge in [-0.25, -0.2) is 0 Å². The van der Waals surface area contributed by atoms with Crippen molar-refractivity contribution in [1.82, 2.24) is 4.90 Å². The van der Waals surface area contributed by atoms with Crippen molar-refractivity contribution in [2.24, 2.45) is 0 Å². The fourth-order valence-electron chi connectivity index (χ4n) is 4.31. The maximum absolute atomic E-state index is 5.70. The summed E-state index contributed by atoms with van der Waals surface area (Å²) in [5.41, 5.74) is 2.39. The number of ether oxygens (including phenoxy) is 3. The molecular formula is C23H32N2O3. The van der Waals surface area contributed by atoms with Crippen molar-refractivity contribution < 1.29 is 14.2 Å². The molecule has 2 aromatic carbocycles. The Bertz CT molecular complexity index is 792. The lowest BCUT2D eigenvalue weighted by Crippen LogP contribution is -2.62. The summed E-state index contributed by atoms with van der Waals surface area (Å²) in [5.74, 6) is 2.08. The summed E-state index contributed by atoms with van der Waals surface area (Å²) in [7, 11) is 4.98. The highest BCUT2D eigenvalue weighted by Crippen LogP contribution is 2.41. The van der Waals surface area contributed by atoms with Crippen molar-refractivity contribution in [3.8, 4) is 17.2 Å². The van der Waals surface area contributed by atoms with Crippen LogP contribution in [0.1, 0.15) is 26.3 Å².